The summed E-state index contributed by atoms with van der Waals surface area (Å²) < 4.78 is 34.7. The molecule has 0 saturated heterocycles. The van der Waals surface area contributed by atoms with E-state index in [0.29, 0.717) is 27.8 Å². The maximum absolute atomic E-state index is 15.6. The minimum Gasteiger partial charge on any atom is -0.291 e. The van der Waals surface area contributed by atoms with Gasteiger partial charge in [-0.1, -0.05) is 84.9 Å². The van der Waals surface area contributed by atoms with Crippen LogP contribution in [0.5, 0.6) is 0 Å². The Kier molecular flexibility index (Phi) is 5.09. The lowest BCUT2D eigenvalue weighted by Gasteiger charge is -2.19. The van der Waals surface area contributed by atoms with Crippen LogP contribution in [0.4, 0.5) is 8.78 Å². The molecule has 0 radical (unpaired) electrons. The molecule has 0 saturated carbocycles. The van der Waals surface area contributed by atoms with Gasteiger partial charge in [-0.3, -0.25) is 4.57 Å². The van der Waals surface area contributed by atoms with Crippen molar-refractivity contribution >= 4 is 53.3 Å². The summed E-state index contributed by atoms with van der Waals surface area (Å²) in [5.74, 6) is 0.0293. The highest BCUT2D eigenvalue weighted by molar-refractivity contribution is 7.26. The predicted molar refractivity (Wildman–Crippen MR) is 162 cm³/mol. The van der Waals surface area contributed by atoms with Crippen LogP contribution in [0.15, 0.2) is 121 Å². The van der Waals surface area contributed by atoms with Crippen molar-refractivity contribution in [3.63, 3.8) is 0 Å². The summed E-state index contributed by atoms with van der Waals surface area (Å²) in [5, 5.41) is 3.57. The maximum atomic E-state index is 15.6. The fourth-order valence-corrected chi connectivity index (χ4v) is 6.98. The molecular weight excluding hydrogens is 518 g/mol. The van der Waals surface area contributed by atoms with E-state index in [9.17, 15) is 4.39 Å². The first-order chi connectivity index (χ1) is 19.7. The Morgan fingerprint density at radius 3 is 2.17 bits per heavy atom. The summed E-state index contributed by atoms with van der Waals surface area (Å²) >= 11 is 1.72. The fraction of sp³-hybridized carbons (Fsp3) is 0. The summed E-state index contributed by atoms with van der Waals surface area (Å²) in [5.41, 5.74) is 4.59. The van der Waals surface area contributed by atoms with Gasteiger partial charge < -0.3 is 0 Å². The van der Waals surface area contributed by atoms with E-state index < -0.39 is 0 Å². The lowest BCUT2D eigenvalue weighted by atomic mass is 9.97. The molecule has 0 aliphatic heterocycles. The number of halogens is 2. The van der Waals surface area contributed by atoms with Gasteiger partial charge in [0.25, 0.3) is 0 Å². The first kappa shape index (κ1) is 23.1. The topological polar surface area (TPSA) is 17.8 Å². The molecule has 0 N–H and O–H groups in total. The van der Waals surface area contributed by atoms with Gasteiger partial charge in [-0.05, 0) is 35.9 Å². The van der Waals surface area contributed by atoms with Crippen molar-refractivity contribution in [2.24, 2.45) is 0 Å². The normalized spacial score (nSPS) is 11.8. The molecule has 40 heavy (non-hydrogen) atoms. The lowest BCUT2D eigenvalue weighted by Crippen LogP contribution is -2.03. The highest BCUT2D eigenvalue weighted by atomic mass is 32.1. The first-order valence-corrected chi connectivity index (χ1v) is 13.8. The molecule has 0 fully saturated rings. The van der Waals surface area contributed by atoms with Crippen LogP contribution in [-0.2, 0) is 0 Å². The quantitative estimate of drug-likeness (QED) is 0.219. The van der Waals surface area contributed by atoms with Gasteiger partial charge >= 0.3 is 0 Å². The molecule has 0 aliphatic carbocycles. The third-order valence-electron chi connectivity index (χ3n) is 7.54. The smallest absolute Gasteiger partial charge is 0.147 e. The van der Waals surface area contributed by atoms with E-state index in [4.69, 9.17) is 4.98 Å². The molecule has 0 spiro atoms. The van der Waals surface area contributed by atoms with Crippen molar-refractivity contribution in [1.82, 2.24) is 9.55 Å². The van der Waals surface area contributed by atoms with E-state index in [1.807, 2.05) is 65.2 Å². The molecule has 0 atom stereocenters. The molecule has 5 heteroatoms. The van der Waals surface area contributed by atoms with Crippen LogP contribution in [0.1, 0.15) is 0 Å². The van der Waals surface area contributed by atoms with Crippen molar-refractivity contribution in [2.75, 3.05) is 0 Å². The summed E-state index contributed by atoms with van der Waals surface area (Å²) in [6.07, 6.45) is 0. The van der Waals surface area contributed by atoms with Crippen LogP contribution in [0, 0.1) is 11.6 Å². The Bertz CT molecular complexity index is 2250. The van der Waals surface area contributed by atoms with Gasteiger partial charge in [-0.25, -0.2) is 13.8 Å². The second-order valence-electron chi connectivity index (χ2n) is 9.85. The Morgan fingerprint density at radius 2 is 1.32 bits per heavy atom. The standard InChI is InChI=1S/C35H20F2N2S/c36-22-17-18-30-31(19-22)39(35(38-30)27-15-8-14-26-24-12-6-7-16-32(24)40-34(26)27)33-25-13-5-4-11-23(25)29(37)20-28(33)21-9-2-1-3-10-21/h1-20H. The maximum Gasteiger partial charge on any atom is 0.147 e. The summed E-state index contributed by atoms with van der Waals surface area (Å²) in [7, 11) is 0. The Balaban J connectivity index is 1.57. The second kappa shape index (κ2) is 8.83. The summed E-state index contributed by atoms with van der Waals surface area (Å²) in [6.45, 7) is 0. The Labute approximate surface area is 232 Å². The average Bonchev–Trinajstić information content (AvgIpc) is 3.56. The number of nitrogens with zero attached hydrogens (tertiary/aromatic N) is 2. The number of benzene rings is 6. The highest BCUT2D eigenvalue weighted by Crippen LogP contribution is 2.44. The predicted octanol–water partition coefficient (Wildman–Crippen LogP) is 10.2. The zero-order valence-electron chi connectivity index (χ0n) is 21.1. The molecule has 2 nitrogen and oxygen atoms in total. The second-order valence-corrected chi connectivity index (χ2v) is 10.9. The SMILES string of the molecule is Fc1ccc2nc(-c3cccc4c3sc3ccccc34)n(-c3c(-c4ccccc4)cc(F)c4ccccc34)c2c1. The molecule has 2 aromatic heterocycles. The molecule has 6 aromatic carbocycles. The van der Waals surface area contributed by atoms with Crippen LogP contribution in [0.3, 0.4) is 0 Å². The minimum absolute atomic E-state index is 0.304. The van der Waals surface area contributed by atoms with Crippen LogP contribution < -0.4 is 0 Å². The first-order valence-electron chi connectivity index (χ1n) is 13.0. The zero-order valence-corrected chi connectivity index (χ0v) is 21.9. The number of hydrogen-bond donors (Lipinski definition) is 0. The lowest BCUT2D eigenvalue weighted by molar-refractivity contribution is 0.629. The number of fused-ring (bicyclic) bond motifs is 5. The van der Waals surface area contributed by atoms with Gasteiger partial charge in [0.1, 0.15) is 17.5 Å². The third kappa shape index (κ3) is 3.41. The van der Waals surface area contributed by atoms with Gasteiger partial charge in [-0.15, -0.1) is 11.3 Å². The van der Waals surface area contributed by atoms with E-state index in [2.05, 4.69) is 30.3 Å². The highest BCUT2D eigenvalue weighted by Gasteiger charge is 2.23. The molecule has 2 heterocycles. The van der Waals surface area contributed by atoms with Crippen molar-refractivity contribution < 1.29 is 8.78 Å². The van der Waals surface area contributed by atoms with E-state index in [0.717, 1.165) is 32.3 Å². The monoisotopic (exact) mass is 538 g/mol. The molecule has 0 amide bonds. The third-order valence-corrected chi connectivity index (χ3v) is 8.76. The minimum atomic E-state index is -0.354. The Morgan fingerprint density at radius 1 is 0.600 bits per heavy atom. The van der Waals surface area contributed by atoms with E-state index in [1.165, 1.54) is 22.2 Å². The fourth-order valence-electron chi connectivity index (χ4n) is 5.77. The van der Waals surface area contributed by atoms with Gasteiger partial charge in [-0.2, -0.15) is 0 Å². The molecule has 190 valence electrons. The van der Waals surface area contributed by atoms with Crippen molar-refractivity contribution in [2.45, 2.75) is 0 Å². The zero-order chi connectivity index (χ0) is 26.8. The van der Waals surface area contributed by atoms with E-state index in [1.54, 1.807) is 29.5 Å². The number of hydrogen-bond acceptors (Lipinski definition) is 2. The van der Waals surface area contributed by atoms with Gasteiger partial charge in [0.15, 0.2) is 0 Å². The van der Waals surface area contributed by atoms with E-state index in [-0.39, 0.29) is 11.6 Å². The molecule has 0 bridgehead atoms. The molecule has 8 rings (SSSR count). The van der Waals surface area contributed by atoms with Gasteiger partial charge in [0, 0.05) is 48.1 Å². The van der Waals surface area contributed by atoms with E-state index >= 15 is 4.39 Å². The van der Waals surface area contributed by atoms with Crippen molar-refractivity contribution in [3.8, 4) is 28.2 Å². The molecule has 0 unspecified atom stereocenters. The number of thiophene rings is 1. The van der Waals surface area contributed by atoms with Crippen LogP contribution >= 0.6 is 11.3 Å². The molecule has 0 aliphatic rings. The van der Waals surface area contributed by atoms with Crippen LogP contribution in [0.2, 0.25) is 0 Å². The number of rotatable bonds is 3. The molecular formula is C35H20F2N2S. The molecule has 8 aromatic rings. The van der Waals surface area contributed by atoms with Gasteiger partial charge in [0.2, 0.25) is 0 Å². The number of aromatic nitrogens is 2. The van der Waals surface area contributed by atoms with Crippen LogP contribution in [-0.4, -0.2) is 9.55 Å². The summed E-state index contributed by atoms with van der Waals surface area (Å²) in [6, 6.07) is 38.1. The average molecular weight is 539 g/mol. The van der Waals surface area contributed by atoms with Gasteiger partial charge in [0.05, 0.1) is 16.7 Å². The van der Waals surface area contributed by atoms with Crippen molar-refractivity contribution in [1.29, 1.82) is 0 Å². The number of imidazole rings is 1. The van der Waals surface area contributed by atoms with Crippen molar-refractivity contribution in [3.05, 3.63) is 133 Å². The van der Waals surface area contributed by atoms with Crippen LogP contribution in [0.25, 0.3) is 70.2 Å². The largest absolute Gasteiger partial charge is 0.291 e. The Hall–Kier alpha value is -4.87. The summed E-state index contributed by atoms with van der Waals surface area (Å²) in [4.78, 5) is 5.09.